The summed E-state index contributed by atoms with van der Waals surface area (Å²) in [5.74, 6) is -0.889. The Kier molecular flexibility index (Phi) is 7.20. The summed E-state index contributed by atoms with van der Waals surface area (Å²) in [6.45, 7) is 9.44. The molecule has 0 radical (unpaired) electrons. The Balaban J connectivity index is 3.94. The normalized spacial score (nSPS) is 10.2. The topological polar surface area (TPSA) is 69.6 Å². The van der Waals surface area contributed by atoms with Gasteiger partial charge in [0.25, 0.3) is 0 Å². The SMILES string of the molecule is C=C(C)CN(CCNC(C)=O)CCC(=O)O. The molecule has 0 heterocycles. The molecular formula is C11H20N2O3. The highest BCUT2D eigenvalue weighted by Crippen LogP contribution is 1.97. The molecule has 0 aliphatic carbocycles. The standard InChI is InChI=1S/C11H20N2O3/c1-9(2)8-13(6-4-11(15)16)7-5-12-10(3)14/h1,4-8H2,2-3H3,(H,12,14)(H,15,16). The highest BCUT2D eigenvalue weighted by Gasteiger charge is 2.07. The van der Waals surface area contributed by atoms with Gasteiger partial charge in [0.05, 0.1) is 6.42 Å². The minimum atomic E-state index is -0.814. The maximum absolute atomic E-state index is 10.7. The van der Waals surface area contributed by atoms with Crippen LogP contribution in [-0.4, -0.2) is 48.1 Å². The molecule has 0 aliphatic heterocycles. The minimum absolute atomic E-state index is 0.0755. The predicted octanol–water partition coefficient (Wildman–Crippen LogP) is 0.475. The van der Waals surface area contributed by atoms with Gasteiger partial charge in [-0.1, -0.05) is 12.2 Å². The van der Waals surface area contributed by atoms with Crippen LogP contribution in [-0.2, 0) is 9.59 Å². The maximum atomic E-state index is 10.7. The number of amides is 1. The molecule has 0 aromatic heterocycles. The van der Waals surface area contributed by atoms with E-state index >= 15 is 0 Å². The molecule has 0 bridgehead atoms. The van der Waals surface area contributed by atoms with Crippen molar-refractivity contribution in [2.75, 3.05) is 26.2 Å². The van der Waals surface area contributed by atoms with Gasteiger partial charge >= 0.3 is 5.97 Å². The number of hydrogen-bond donors (Lipinski definition) is 2. The van der Waals surface area contributed by atoms with Gasteiger partial charge in [0.1, 0.15) is 0 Å². The first-order chi connectivity index (χ1) is 7.41. The van der Waals surface area contributed by atoms with Crippen LogP contribution >= 0.6 is 0 Å². The van der Waals surface area contributed by atoms with Crippen LogP contribution in [0.1, 0.15) is 20.3 Å². The van der Waals surface area contributed by atoms with Gasteiger partial charge in [-0.25, -0.2) is 0 Å². The smallest absolute Gasteiger partial charge is 0.304 e. The number of carbonyl (C=O) groups is 2. The van der Waals surface area contributed by atoms with Crippen molar-refractivity contribution in [1.29, 1.82) is 0 Å². The van der Waals surface area contributed by atoms with E-state index in [1.54, 1.807) is 0 Å². The van der Waals surface area contributed by atoms with Gasteiger partial charge in [-0.3, -0.25) is 14.5 Å². The monoisotopic (exact) mass is 228 g/mol. The number of nitrogens with one attached hydrogen (secondary N) is 1. The molecule has 16 heavy (non-hydrogen) atoms. The molecule has 2 N–H and O–H groups in total. The first-order valence-electron chi connectivity index (χ1n) is 5.24. The highest BCUT2D eigenvalue weighted by atomic mass is 16.4. The zero-order valence-electron chi connectivity index (χ0n) is 9.95. The van der Waals surface area contributed by atoms with Gasteiger partial charge in [-0.15, -0.1) is 0 Å². The van der Waals surface area contributed by atoms with E-state index in [9.17, 15) is 9.59 Å². The highest BCUT2D eigenvalue weighted by molar-refractivity contribution is 5.72. The molecular weight excluding hydrogens is 208 g/mol. The van der Waals surface area contributed by atoms with E-state index in [0.29, 0.717) is 26.2 Å². The second-order valence-corrected chi connectivity index (χ2v) is 3.86. The fourth-order valence-corrected chi connectivity index (χ4v) is 1.30. The maximum Gasteiger partial charge on any atom is 0.304 e. The number of carboxylic acids is 1. The summed E-state index contributed by atoms with van der Waals surface area (Å²) >= 11 is 0. The second kappa shape index (κ2) is 7.87. The lowest BCUT2D eigenvalue weighted by Gasteiger charge is -2.21. The summed E-state index contributed by atoms with van der Waals surface area (Å²) in [6.07, 6.45) is 0.105. The van der Waals surface area contributed by atoms with Crippen molar-refractivity contribution in [3.63, 3.8) is 0 Å². The molecule has 5 heteroatoms. The Labute approximate surface area is 96.1 Å². The lowest BCUT2D eigenvalue weighted by molar-refractivity contribution is -0.137. The van der Waals surface area contributed by atoms with Gasteiger partial charge < -0.3 is 10.4 Å². The van der Waals surface area contributed by atoms with Crippen LogP contribution in [0, 0.1) is 0 Å². The number of nitrogens with zero attached hydrogens (tertiary/aromatic N) is 1. The number of carboxylic acid groups (broad SMARTS) is 1. The van der Waals surface area contributed by atoms with Gasteiger partial charge in [0.15, 0.2) is 0 Å². The van der Waals surface area contributed by atoms with Crippen molar-refractivity contribution < 1.29 is 14.7 Å². The Hall–Kier alpha value is -1.36. The fourth-order valence-electron chi connectivity index (χ4n) is 1.30. The third-order valence-corrected chi connectivity index (χ3v) is 1.94. The van der Waals surface area contributed by atoms with Gasteiger partial charge in [-0.05, 0) is 6.92 Å². The molecule has 92 valence electrons. The molecule has 0 aromatic rings. The number of rotatable bonds is 8. The molecule has 0 unspecified atom stereocenters. The molecule has 5 nitrogen and oxygen atoms in total. The van der Waals surface area contributed by atoms with Crippen LogP contribution in [0.2, 0.25) is 0 Å². The number of hydrogen-bond acceptors (Lipinski definition) is 3. The van der Waals surface area contributed by atoms with Gasteiger partial charge in [0, 0.05) is 33.1 Å². The first kappa shape index (κ1) is 14.6. The molecule has 0 rings (SSSR count). The van der Waals surface area contributed by atoms with Crippen molar-refractivity contribution >= 4 is 11.9 Å². The van der Waals surface area contributed by atoms with Crippen molar-refractivity contribution in [2.45, 2.75) is 20.3 Å². The number of carbonyl (C=O) groups excluding carboxylic acids is 1. The average molecular weight is 228 g/mol. The van der Waals surface area contributed by atoms with Gasteiger partial charge in [0.2, 0.25) is 5.91 Å². The second-order valence-electron chi connectivity index (χ2n) is 3.86. The molecule has 0 saturated heterocycles. The molecule has 1 amide bonds. The summed E-state index contributed by atoms with van der Waals surface area (Å²) in [5.41, 5.74) is 0.980. The summed E-state index contributed by atoms with van der Waals surface area (Å²) in [6, 6.07) is 0. The Morgan fingerprint density at radius 1 is 1.31 bits per heavy atom. The van der Waals surface area contributed by atoms with E-state index in [-0.39, 0.29) is 12.3 Å². The zero-order chi connectivity index (χ0) is 12.6. The molecule has 0 aromatic carbocycles. The quantitative estimate of drug-likeness (QED) is 0.593. The number of aliphatic carboxylic acids is 1. The predicted molar refractivity (Wildman–Crippen MR) is 62.2 cm³/mol. The van der Waals surface area contributed by atoms with Crippen LogP contribution in [0.4, 0.5) is 0 Å². The minimum Gasteiger partial charge on any atom is -0.481 e. The molecule has 0 atom stereocenters. The first-order valence-corrected chi connectivity index (χ1v) is 5.24. The van der Waals surface area contributed by atoms with Crippen LogP contribution in [0.3, 0.4) is 0 Å². The van der Waals surface area contributed by atoms with E-state index < -0.39 is 5.97 Å². The molecule has 0 aliphatic rings. The van der Waals surface area contributed by atoms with Crippen LogP contribution < -0.4 is 5.32 Å². The Bertz CT molecular complexity index is 264. The summed E-state index contributed by atoms with van der Waals surface area (Å²) in [5, 5.41) is 11.3. The van der Waals surface area contributed by atoms with Crippen LogP contribution in [0.15, 0.2) is 12.2 Å². The molecule has 0 spiro atoms. The largest absolute Gasteiger partial charge is 0.481 e. The van der Waals surface area contributed by atoms with Crippen molar-refractivity contribution in [3.05, 3.63) is 12.2 Å². The van der Waals surface area contributed by atoms with Crippen molar-refractivity contribution in [3.8, 4) is 0 Å². The molecule has 0 saturated carbocycles. The van der Waals surface area contributed by atoms with E-state index in [1.165, 1.54) is 6.92 Å². The van der Waals surface area contributed by atoms with Crippen molar-refractivity contribution in [1.82, 2.24) is 10.2 Å². The lowest BCUT2D eigenvalue weighted by Crippen LogP contribution is -2.36. The zero-order valence-corrected chi connectivity index (χ0v) is 9.95. The Morgan fingerprint density at radius 3 is 2.38 bits per heavy atom. The summed E-state index contributed by atoms with van der Waals surface area (Å²) in [4.78, 5) is 23.1. The van der Waals surface area contributed by atoms with Gasteiger partial charge in [-0.2, -0.15) is 0 Å². The lowest BCUT2D eigenvalue weighted by atomic mass is 10.3. The summed E-state index contributed by atoms with van der Waals surface area (Å²) < 4.78 is 0. The van der Waals surface area contributed by atoms with E-state index in [2.05, 4.69) is 11.9 Å². The van der Waals surface area contributed by atoms with Crippen LogP contribution in [0.5, 0.6) is 0 Å². The van der Waals surface area contributed by atoms with E-state index in [0.717, 1.165) is 5.57 Å². The third-order valence-electron chi connectivity index (χ3n) is 1.94. The fraction of sp³-hybridized carbons (Fsp3) is 0.636. The van der Waals surface area contributed by atoms with Crippen LogP contribution in [0.25, 0.3) is 0 Å². The average Bonchev–Trinajstić information content (AvgIpc) is 2.12. The van der Waals surface area contributed by atoms with Crippen molar-refractivity contribution in [2.24, 2.45) is 0 Å². The third kappa shape index (κ3) is 9.21. The summed E-state index contributed by atoms with van der Waals surface area (Å²) in [7, 11) is 0. The van der Waals surface area contributed by atoms with E-state index in [4.69, 9.17) is 5.11 Å². The Morgan fingerprint density at radius 2 is 1.94 bits per heavy atom. The van der Waals surface area contributed by atoms with E-state index in [1.807, 2.05) is 11.8 Å². The molecule has 0 fully saturated rings.